The minimum absolute atomic E-state index is 0.528. The summed E-state index contributed by atoms with van der Waals surface area (Å²) in [7, 11) is 0. The molecule has 2 rings (SSSR count). The maximum Gasteiger partial charge on any atom is 0.0994 e. The molecule has 2 heteroatoms. The highest BCUT2D eigenvalue weighted by atomic mass is 14.9. The van der Waals surface area contributed by atoms with E-state index in [1.165, 1.54) is 19.3 Å². The zero-order valence-corrected chi connectivity index (χ0v) is 9.96. The van der Waals surface area contributed by atoms with Crippen LogP contribution in [0.2, 0.25) is 0 Å². The van der Waals surface area contributed by atoms with Crippen LogP contribution in [0.25, 0.3) is 0 Å². The van der Waals surface area contributed by atoms with Crippen LogP contribution in [0.1, 0.15) is 37.3 Å². The summed E-state index contributed by atoms with van der Waals surface area (Å²) in [5.74, 6) is 0.946. The predicted octanol–water partition coefficient (Wildman–Crippen LogP) is 3.47. The van der Waals surface area contributed by atoms with Crippen molar-refractivity contribution < 1.29 is 0 Å². The van der Waals surface area contributed by atoms with E-state index >= 15 is 0 Å². The molecule has 1 aliphatic rings. The molecular formula is C14H18N2. The first-order valence-electron chi connectivity index (χ1n) is 5.96. The molecular weight excluding hydrogens is 196 g/mol. The summed E-state index contributed by atoms with van der Waals surface area (Å²) in [5.41, 5.74) is 2.94. The maximum atomic E-state index is 8.85. The average molecular weight is 214 g/mol. The summed E-state index contributed by atoms with van der Waals surface area (Å²) in [6.07, 6.45) is 4.07. The van der Waals surface area contributed by atoms with E-state index in [0.717, 1.165) is 22.7 Å². The monoisotopic (exact) mass is 214 g/mol. The van der Waals surface area contributed by atoms with Gasteiger partial charge in [0.15, 0.2) is 0 Å². The summed E-state index contributed by atoms with van der Waals surface area (Å²) < 4.78 is 0. The van der Waals surface area contributed by atoms with Gasteiger partial charge in [-0.25, -0.2) is 0 Å². The lowest BCUT2D eigenvalue weighted by atomic mass is 10.1. The van der Waals surface area contributed by atoms with Crippen LogP contribution in [-0.4, -0.2) is 6.04 Å². The van der Waals surface area contributed by atoms with Gasteiger partial charge in [0.05, 0.1) is 11.6 Å². The maximum absolute atomic E-state index is 8.85. The Morgan fingerprint density at radius 2 is 2.25 bits per heavy atom. The fraction of sp³-hybridized carbons (Fsp3) is 0.500. The van der Waals surface area contributed by atoms with Crippen molar-refractivity contribution in [2.75, 3.05) is 5.32 Å². The molecule has 1 aliphatic carbocycles. The van der Waals surface area contributed by atoms with Gasteiger partial charge in [-0.2, -0.15) is 5.26 Å². The number of rotatable bonds is 4. The highest BCUT2D eigenvalue weighted by molar-refractivity contribution is 5.52. The van der Waals surface area contributed by atoms with Gasteiger partial charge in [-0.3, -0.25) is 0 Å². The van der Waals surface area contributed by atoms with Crippen LogP contribution in [-0.2, 0) is 0 Å². The molecule has 0 saturated heterocycles. The standard InChI is InChI=1S/C14H18N2/c1-10-7-14(6-5-13(10)9-15)16-11(2)8-12-3-4-12/h5-7,11-12,16H,3-4,8H2,1-2H3. The quantitative estimate of drug-likeness (QED) is 0.833. The van der Waals surface area contributed by atoms with E-state index in [4.69, 9.17) is 5.26 Å². The van der Waals surface area contributed by atoms with Crippen LogP contribution in [0.15, 0.2) is 18.2 Å². The normalized spacial score (nSPS) is 16.6. The molecule has 0 radical (unpaired) electrons. The largest absolute Gasteiger partial charge is 0.383 e. The molecule has 1 N–H and O–H groups in total. The summed E-state index contributed by atoms with van der Waals surface area (Å²) in [6.45, 7) is 4.21. The van der Waals surface area contributed by atoms with Crippen LogP contribution in [0, 0.1) is 24.2 Å². The Morgan fingerprint density at radius 3 is 2.81 bits per heavy atom. The minimum atomic E-state index is 0.528. The number of nitriles is 1. The summed E-state index contributed by atoms with van der Waals surface area (Å²) in [5, 5.41) is 12.3. The van der Waals surface area contributed by atoms with Crippen molar-refractivity contribution in [1.29, 1.82) is 5.26 Å². The van der Waals surface area contributed by atoms with Gasteiger partial charge >= 0.3 is 0 Å². The Morgan fingerprint density at radius 1 is 1.50 bits per heavy atom. The fourth-order valence-corrected chi connectivity index (χ4v) is 2.08. The Balaban J connectivity index is 1.98. The number of hydrogen-bond donors (Lipinski definition) is 1. The molecule has 1 unspecified atom stereocenters. The van der Waals surface area contributed by atoms with Gasteiger partial charge in [-0.1, -0.05) is 12.8 Å². The Bertz CT molecular complexity index is 413. The van der Waals surface area contributed by atoms with Gasteiger partial charge in [0.1, 0.15) is 0 Å². The summed E-state index contributed by atoms with van der Waals surface area (Å²) >= 11 is 0. The van der Waals surface area contributed by atoms with Crippen LogP contribution in [0.5, 0.6) is 0 Å². The van der Waals surface area contributed by atoms with E-state index in [0.29, 0.717) is 6.04 Å². The SMILES string of the molecule is Cc1cc(NC(C)CC2CC2)ccc1C#N. The first kappa shape index (κ1) is 11.0. The lowest BCUT2D eigenvalue weighted by Crippen LogP contribution is -2.15. The molecule has 0 heterocycles. The zero-order valence-electron chi connectivity index (χ0n) is 9.96. The minimum Gasteiger partial charge on any atom is -0.383 e. The molecule has 0 aromatic heterocycles. The molecule has 1 aromatic carbocycles. The van der Waals surface area contributed by atoms with Crippen LogP contribution >= 0.6 is 0 Å². The molecule has 0 bridgehead atoms. The Labute approximate surface area is 97.3 Å². The molecule has 1 fully saturated rings. The number of benzene rings is 1. The second kappa shape index (κ2) is 4.57. The van der Waals surface area contributed by atoms with Crippen molar-refractivity contribution in [3.63, 3.8) is 0 Å². The van der Waals surface area contributed by atoms with E-state index in [2.05, 4.69) is 24.4 Å². The van der Waals surface area contributed by atoms with Gasteiger partial charge in [0, 0.05) is 11.7 Å². The van der Waals surface area contributed by atoms with E-state index < -0.39 is 0 Å². The second-order valence-electron chi connectivity index (χ2n) is 4.87. The average Bonchev–Trinajstić information content (AvgIpc) is 3.01. The lowest BCUT2D eigenvalue weighted by Gasteiger charge is -2.15. The topological polar surface area (TPSA) is 35.8 Å². The third-order valence-corrected chi connectivity index (χ3v) is 3.14. The van der Waals surface area contributed by atoms with Crippen molar-refractivity contribution in [1.82, 2.24) is 0 Å². The number of anilines is 1. The second-order valence-corrected chi connectivity index (χ2v) is 4.87. The van der Waals surface area contributed by atoms with Crippen LogP contribution in [0.4, 0.5) is 5.69 Å². The Kier molecular flexibility index (Phi) is 3.14. The van der Waals surface area contributed by atoms with Crippen molar-refractivity contribution in [2.45, 2.75) is 39.2 Å². The zero-order chi connectivity index (χ0) is 11.5. The first-order chi connectivity index (χ1) is 7.69. The number of aryl methyl sites for hydroxylation is 1. The molecule has 1 saturated carbocycles. The van der Waals surface area contributed by atoms with Gasteiger partial charge < -0.3 is 5.32 Å². The Hall–Kier alpha value is -1.49. The van der Waals surface area contributed by atoms with Crippen molar-refractivity contribution in [3.05, 3.63) is 29.3 Å². The molecule has 1 atom stereocenters. The van der Waals surface area contributed by atoms with E-state index in [-0.39, 0.29) is 0 Å². The predicted molar refractivity (Wildman–Crippen MR) is 66.3 cm³/mol. The van der Waals surface area contributed by atoms with Crippen molar-refractivity contribution in [2.24, 2.45) is 5.92 Å². The molecule has 0 aliphatic heterocycles. The van der Waals surface area contributed by atoms with E-state index in [1.54, 1.807) is 0 Å². The molecule has 0 amide bonds. The van der Waals surface area contributed by atoms with Crippen molar-refractivity contribution in [3.8, 4) is 6.07 Å². The summed E-state index contributed by atoms with van der Waals surface area (Å²) in [6, 6.07) is 8.66. The smallest absolute Gasteiger partial charge is 0.0994 e. The summed E-state index contributed by atoms with van der Waals surface area (Å²) in [4.78, 5) is 0. The number of nitrogens with one attached hydrogen (secondary N) is 1. The van der Waals surface area contributed by atoms with E-state index in [1.807, 2.05) is 19.1 Å². The van der Waals surface area contributed by atoms with Gasteiger partial charge in [-0.05, 0) is 49.9 Å². The highest BCUT2D eigenvalue weighted by Crippen LogP contribution is 2.34. The highest BCUT2D eigenvalue weighted by Gasteiger charge is 2.23. The molecule has 16 heavy (non-hydrogen) atoms. The van der Waals surface area contributed by atoms with Gasteiger partial charge in [0.25, 0.3) is 0 Å². The van der Waals surface area contributed by atoms with Gasteiger partial charge in [0.2, 0.25) is 0 Å². The number of hydrogen-bond acceptors (Lipinski definition) is 2. The van der Waals surface area contributed by atoms with Crippen LogP contribution in [0.3, 0.4) is 0 Å². The lowest BCUT2D eigenvalue weighted by molar-refractivity contribution is 0.642. The van der Waals surface area contributed by atoms with Gasteiger partial charge in [-0.15, -0.1) is 0 Å². The molecule has 1 aromatic rings. The van der Waals surface area contributed by atoms with Crippen molar-refractivity contribution >= 4 is 5.69 Å². The molecule has 84 valence electrons. The third kappa shape index (κ3) is 2.76. The fourth-order valence-electron chi connectivity index (χ4n) is 2.08. The third-order valence-electron chi connectivity index (χ3n) is 3.14. The van der Waals surface area contributed by atoms with E-state index in [9.17, 15) is 0 Å². The first-order valence-corrected chi connectivity index (χ1v) is 5.96. The molecule has 0 spiro atoms. The molecule has 2 nitrogen and oxygen atoms in total. The van der Waals surface area contributed by atoms with Crippen LogP contribution < -0.4 is 5.32 Å². The number of nitrogens with zero attached hydrogens (tertiary/aromatic N) is 1.